The third kappa shape index (κ3) is 3.19. The minimum atomic E-state index is 0.260. The Morgan fingerprint density at radius 3 is 2.71 bits per heavy atom. The lowest BCUT2D eigenvalue weighted by Crippen LogP contribution is -2.50. The molecule has 0 radical (unpaired) electrons. The molecule has 1 aromatic rings. The van der Waals surface area contributed by atoms with Crippen molar-refractivity contribution in [2.75, 3.05) is 52.0 Å². The fourth-order valence-corrected chi connectivity index (χ4v) is 3.18. The number of anilines is 1. The molecular formula is C16H24N4O. The monoisotopic (exact) mass is 288 g/mol. The molecule has 1 amide bonds. The Morgan fingerprint density at radius 1 is 1.19 bits per heavy atom. The first-order valence-corrected chi connectivity index (χ1v) is 7.68. The number of nitrogen functional groups attached to an aromatic ring is 1. The maximum atomic E-state index is 12.4. The van der Waals surface area contributed by atoms with Crippen LogP contribution in [-0.2, 0) is 17.8 Å². The van der Waals surface area contributed by atoms with E-state index in [9.17, 15) is 4.79 Å². The quantitative estimate of drug-likeness (QED) is 0.801. The van der Waals surface area contributed by atoms with Gasteiger partial charge in [0.1, 0.15) is 0 Å². The number of nitrogens with zero attached hydrogens (tertiary/aromatic N) is 3. The molecule has 2 heterocycles. The summed E-state index contributed by atoms with van der Waals surface area (Å²) in [4.78, 5) is 18.9. The Balaban J connectivity index is 1.58. The van der Waals surface area contributed by atoms with Gasteiger partial charge in [0.05, 0.1) is 6.54 Å². The third-order valence-electron chi connectivity index (χ3n) is 4.60. The van der Waals surface area contributed by atoms with Crippen LogP contribution in [0.5, 0.6) is 0 Å². The van der Waals surface area contributed by atoms with E-state index in [-0.39, 0.29) is 5.91 Å². The van der Waals surface area contributed by atoms with Crippen molar-refractivity contribution in [3.8, 4) is 0 Å². The van der Waals surface area contributed by atoms with Crippen LogP contribution in [0.4, 0.5) is 5.69 Å². The fraction of sp³-hybridized carbons (Fsp3) is 0.562. The molecule has 2 N–H and O–H groups in total. The average Bonchev–Trinajstić information content (AvgIpc) is 2.48. The number of nitrogens with two attached hydrogens (primary N) is 1. The SMILES string of the molecule is CN1CCN(C(=O)CN2CCc3c(N)cccc3C2)CC1. The van der Waals surface area contributed by atoms with Gasteiger partial charge in [-0.3, -0.25) is 9.69 Å². The maximum Gasteiger partial charge on any atom is 0.236 e. The van der Waals surface area contributed by atoms with Crippen LogP contribution in [0.25, 0.3) is 0 Å². The number of piperazine rings is 1. The zero-order chi connectivity index (χ0) is 14.8. The van der Waals surface area contributed by atoms with Gasteiger partial charge in [-0.05, 0) is 30.7 Å². The Bertz CT molecular complexity index is 523. The van der Waals surface area contributed by atoms with Crippen molar-refractivity contribution in [2.45, 2.75) is 13.0 Å². The van der Waals surface area contributed by atoms with Gasteiger partial charge >= 0.3 is 0 Å². The predicted octanol–water partition coefficient (Wildman–Crippen LogP) is 0.401. The summed E-state index contributed by atoms with van der Waals surface area (Å²) in [5, 5.41) is 0. The van der Waals surface area contributed by atoms with E-state index in [4.69, 9.17) is 5.73 Å². The smallest absolute Gasteiger partial charge is 0.236 e. The van der Waals surface area contributed by atoms with Crippen LogP contribution in [-0.4, -0.2) is 66.9 Å². The molecule has 0 aliphatic carbocycles. The molecule has 5 nitrogen and oxygen atoms in total. The first-order valence-electron chi connectivity index (χ1n) is 7.68. The molecule has 2 aliphatic heterocycles. The minimum absolute atomic E-state index is 0.260. The van der Waals surface area contributed by atoms with Crippen LogP contribution in [0.3, 0.4) is 0 Å². The van der Waals surface area contributed by atoms with Gasteiger partial charge in [0.2, 0.25) is 5.91 Å². The van der Waals surface area contributed by atoms with E-state index < -0.39 is 0 Å². The molecular weight excluding hydrogens is 264 g/mol. The summed E-state index contributed by atoms with van der Waals surface area (Å²) in [5.41, 5.74) is 9.44. The van der Waals surface area contributed by atoms with Crippen LogP contribution in [0.1, 0.15) is 11.1 Å². The summed E-state index contributed by atoms with van der Waals surface area (Å²) in [5.74, 6) is 0.260. The summed E-state index contributed by atoms with van der Waals surface area (Å²) in [6.45, 7) is 5.94. The normalized spacial score (nSPS) is 20.3. The summed E-state index contributed by atoms with van der Waals surface area (Å²) in [6, 6.07) is 6.09. The highest BCUT2D eigenvalue weighted by molar-refractivity contribution is 5.78. The molecule has 0 unspecified atom stereocenters. The molecule has 0 saturated carbocycles. The molecule has 0 aromatic heterocycles. The second-order valence-electron chi connectivity index (χ2n) is 6.13. The minimum Gasteiger partial charge on any atom is -0.398 e. The van der Waals surface area contributed by atoms with E-state index in [1.807, 2.05) is 17.0 Å². The van der Waals surface area contributed by atoms with Crippen molar-refractivity contribution in [1.29, 1.82) is 0 Å². The highest BCUT2D eigenvalue weighted by Crippen LogP contribution is 2.23. The number of hydrogen-bond donors (Lipinski definition) is 1. The lowest BCUT2D eigenvalue weighted by Gasteiger charge is -2.35. The van der Waals surface area contributed by atoms with Gasteiger partial charge in [-0.2, -0.15) is 0 Å². The lowest BCUT2D eigenvalue weighted by atomic mass is 9.98. The number of rotatable bonds is 2. The maximum absolute atomic E-state index is 12.4. The predicted molar refractivity (Wildman–Crippen MR) is 83.9 cm³/mol. The Kier molecular flexibility index (Phi) is 4.12. The van der Waals surface area contributed by atoms with E-state index in [1.165, 1.54) is 11.1 Å². The number of benzene rings is 1. The molecule has 2 aliphatic rings. The number of likely N-dealkylation sites (N-methyl/N-ethyl adjacent to an activating group) is 1. The van der Waals surface area contributed by atoms with Gasteiger partial charge in [-0.25, -0.2) is 0 Å². The third-order valence-corrected chi connectivity index (χ3v) is 4.60. The Morgan fingerprint density at radius 2 is 1.95 bits per heavy atom. The van der Waals surface area contributed by atoms with Crippen LogP contribution < -0.4 is 5.73 Å². The molecule has 0 atom stereocenters. The second-order valence-corrected chi connectivity index (χ2v) is 6.13. The van der Waals surface area contributed by atoms with Gasteiger partial charge in [-0.1, -0.05) is 12.1 Å². The van der Waals surface area contributed by atoms with Crippen LogP contribution in [0, 0.1) is 0 Å². The van der Waals surface area contributed by atoms with E-state index in [1.54, 1.807) is 0 Å². The zero-order valence-corrected chi connectivity index (χ0v) is 12.7. The number of carbonyl (C=O) groups is 1. The van der Waals surface area contributed by atoms with Gasteiger partial charge in [-0.15, -0.1) is 0 Å². The number of amides is 1. The van der Waals surface area contributed by atoms with Crippen molar-refractivity contribution in [3.63, 3.8) is 0 Å². The number of fused-ring (bicyclic) bond motifs is 1. The molecule has 3 rings (SSSR count). The van der Waals surface area contributed by atoms with E-state index in [2.05, 4.69) is 22.9 Å². The summed E-state index contributed by atoms with van der Waals surface area (Å²) < 4.78 is 0. The van der Waals surface area contributed by atoms with Gasteiger partial charge < -0.3 is 15.5 Å². The van der Waals surface area contributed by atoms with Crippen molar-refractivity contribution in [3.05, 3.63) is 29.3 Å². The molecule has 0 spiro atoms. The van der Waals surface area contributed by atoms with Crippen LogP contribution in [0.2, 0.25) is 0 Å². The first kappa shape index (κ1) is 14.4. The van der Waals surface area contributed by atoms with E-state index >= 15 is 0 Å². The van der Waals surface area contributed by atoms with E-state index in [0.717, 1.165) is 51.4 Å². The largest absolute Gasteiger partial charge is 0.398 e. The highest BCUT2D eigenvalue weighted by Gasteiger charge is 2.24. The molecule has 0 bridgehead atoms. The molecule has 21 heavy (non-hydrogen) atoms. The van der Waals surface area contributed by atoms with Crippen molar-refractivity contribution < 1.29 is 4.79 Å². The van der Waals surface area contributed by atoms with Gasteiger partial charge in [0.15, 0.2) is 0 Å². The average molecular weight is 288 g/mol. The lowest BCUT2D eigenvalue weighted by molar-refractivity contribution is -0.134. The number of carbonyl (C=O) groups excluding carboxylic acids is 1. The standard InChI is InChI=1S/C16H24N4O/c1-18-7-9-20(10-8-18)16(21)12-19-6-5-14-13(11-19)3-2-4-15(14)17/h2-4H,5-12,17H2,1H3. The summed E-state index contributed by atoms with van der Waals surface area (Å²) in [6.07, 6.45) is 0.942. The Hall–Kier alpha value is -1.59. The van der Waals surface area contributed by atoms with Crippen molar-refractivity contribution >= 4 is 11.6 Å². The van der Waals surface area contributed by atoms with Crippen LogP contribution >= 0.6 is 0 Å². The molecule has 1 aromatic carbocycles. The van der Waals surface area contributed by atoms with Gasteiger partial charge in [0.25, 0.3) is 0 Å². The fourth-order valence-electron chi connectivity index (χ4n) is 3.18. The summed E-state index contributed by atoms with van der Waals surface area (Å²) >= 11 is 0. The van der Waals surface area contributed by atoms with Crippen molar-refractivity contribution in [1.82, 2.24) is 14.7 Å². The topological polar surface area (TPSA) is 52.8 Å². The highest BCUT2D eigenvalue weighted by atomic mass is 16.2. The first-order chi connectivity index (χ1) is 10.1. The second kappa shape index (κ2) is 6.03. The molecule has 1 fully saturated rings. The van der Waals surface area contributed by atoms with Gasteiger partial charge in [0, 0.05) is 45.0 Å². The van der Waals surface area contributed by atoms with Crippen LogP contribution in [0.15, 0.2) is 18.2 Å². The zero-order valence-electron chi connectivity index (χ0n) is 12.7. The number of hydrogen-bond acceptors (Lipinski definition) is 4. The molecule has 114 valence electrons. The summed E-state index contributed by atoms with van der Waals surface area (Å²) in [7, 11) is 2.10. The Labute approximate surface area is 126 Å². The molecule has 5 heteroatoms. The van der Waals surface area contributed by atoms with Crippen molar-refractivity contribution in [2.24, 2.45) is 0 Å². The van der Waals surface area contributed by atoms with E-state index in [0.29, 0.717) is 6.54 Å². The molecule has 1 saturated heterocycles.